The summed E-state index contributed by atoms with van der Waals surface area (Å²) in [4.78, 5) is 0. The Morgan fingerprint density at radius 1 is 1.11 bits per heavy atom. The van der Waals surface area contributed by atoms with Crippen molar-refractivity contribution in [3.8, 4) is 0 Å². The van der Waals surface area contributed by atoms with E-state index >= 15 is 0 Å². The Hall–Kier alpha value is -0.990. The number of fused-ring (bicyclic) bond motifs is 1. The normalized spacial score (nSPS) is 12.8. The molecule has 0 bridgehead atoms. The van der Waals surface area contributed by atoms with E-state index in [0.717, 1.165) is 5.75 Å². The lowest BCUT2D eigenvalue weighted by atomic mass is 10.1. The second-order valence-corrected chi connectivity index (χ2v) is 5.59. The molecular formula is C16H21NS. The van der Waals surface area contributed by atoms with Gasteiger partial charge in [-0.1, -0.05) is 67.8 Å². The van der Waals surface area contributed by atoms with Crippen molar-refractivity contribution in [2.75, 3.05) is 0 Å². The fourth-order valence-corrected chi connectivity index (χ4v) is 2.92. The summed E-state index contributed by atoms with van der Waals surface area (Å²) in [5, 5.41) is 2.65. The molecular weight excluding hydrogens is 238 g/mol. The standard InChI is InChI=1S/C16H21NS/c1-3-6-13(2)17-18-12-14-9-10-15-7-4-5-8-16(15)11-14/h4-5,7-11,13,17H,3,6,12H2,1-2H3. The van der Waals surface area contributed by atoms with Gasteiger partial charge in [-0.05, 0) is 29.7 Å². The molecule has 1 N–H and O–H groups in total. The van der Waals surface area contributed by atoms with Crippen LogP contribution in [0.5, 0.6) is 0 Å². The molecule has 18 heavy (non-hydrogen) atoms. The minimum absolute atomic E-state index is 0.598. The molecule has 0 saturated heterocycles. The summed E-state index contributed by atoms with van der Waals surface area (Å²) in [6.07, 6.45) is 2.48. The highest BCUT2D eigenvalue weighted by molar-refractivity contribution is 7.96. The lowest BCUT2D eigenvalue weighted by Gasteiger charge is -2.11. The minimum Gasteiger partial charge on any atom is -0.261 e. The van der Waals surface area contributed by atoms with Gasteiger partial charge in [0.15, 0.2) is 0 Å². The summed E-state index contributed by atoms with van der Waals surface area (Å²) in [5.74, 6) is 1.03. The van der Waals surface area contributed by atoms with E-state index in [-0.39, 0.29) is 0 Å². The van der Waals surface area contributed by atoms with Crippen LogP contribution in [0.3, 0.4) is 0 Å². The van der Waals surface area contributed by atoms with Crippen molar-refractivity contribution < 1.29 is 0 Å². The molecule has 0 radical (unpaired) electrons. The summed E-state index contributed by atoms with van der Waals surface area (Å²) in [5.41, 5.74) is 1.38. The zero-order valence-electron chi connectivity index (χ0n) is 11.1. The first-order chi connectivity index (χ1) is 8.79. The van der Waals surface area contributed by atoms with Gasteiger partial charge in [-0.25, -0.2) is 0 Å². The molecule has 2 heteroatoms. The molecule has 1 unspecified atom stereocenters. The van der Waals surface area contributed by atoms with Gasteiger partial charge < -0.3 is 0 Å². The van der Waals surface area contributed by atoms with Crippen molar-refractivity contribution in [3.63, 3.8) is 0 Å². The number of hydrogen-bond donors (Lipinski definition) is 1. The summed E-state index contributed by atoms with van der Waals surface area (Å²) < 4.78 is 3.50. The third-order valence-electron chi connectivity index (χ3n) is 3.06. The van der Waals surface area contributed by atoms with E-state index < -0.39 is 0 Å². The zero-order chi connectivity index (χ0) is 12.8. The molecule has 2 aromatic rings. The Balaban J connectivity index is 1.91. The van der Waals surface area contributed by atoms with E-state index in [1.807, 2.05) is 11.9 Å². The van der Waals surface area contributed by atoms with Crippen LogP contribution in [-0.2, 0) is 5.75 Å². The fraction of sp³-hybridized carbons (Fsp3) is 0.375. The van der Waals surface area contributed by atoms with E-state index in [1.54, 1.807) is 0 Å². The molecule has 0 aromatic heterocycles. The second kappa shape index (κ2) is 6.81. The van der Waals surface area contributed by atoms with Crippen LogP contribution < -0.4 is 4.72 Å². The minimum atomic E-state index is 0.598. The molecule has 0 heterocycles. The van der Waals surface area contributed by atoms with Gasteiger partial charge >= 0.3 is 0 Å². The summed E-state index contributed by atoms with van der Waals surface area (Å²) in [6.45, 7) is 4.48. The molecule has 1 nitrogen and oxygen atoms in total. The molecule has 0 aliphatic heterocycles. The van der Waals surface area contributed by atoms with E-state index in [2.05, 4.69) is 61.0 Å². The highest BCUT2D eigenvalue weighted by atomic mass is 32.2. The third kappa shape index (κ3) is 3.76. The molecule has 0 amide bonds. The Morgan fingerprint density at radius 2 is 1.89 bits per heavy atom. The van der Waals surface area contributed by atoms with Crippen molar-refractivity contribution in [1.29, 1.82) is 0 Å². The second-order valence-electron chi connectivity index (χ2n) is 4.78. The largest absolute Gasteiger partial charge is 0.261 e. The zero-order valence-corrected chi connectivity index (χ0v) is 12.0. The Kier molecular flexibility index (Phi) is 5.09. The predicted molar refractivity (Wildman–Crippen MR) is 82.7 cm³/mol. The van der Waals surface area contributed by atoms with Crippen molar-refractivity contribution in [1.82, 2.24) is 4.72 Å². The molecule has 0 aliphatic rings. The SMILES string of the molecule is CCCC(C)NSCc1ccc2ccccc2c1. The maximum atomic E-state index is 3.50. The molecule has 2 aromatic carbocycles. The van der Waals surface area contributed by atoms with Gasteiger partial charge in [0, 0.05) is 11.8 Å². The fourth-order valence-electron chi connectivity index (χ4n) is 2.09. The van der Waals surface area contributed by atoms with Gasteiger partial charge in [0.25, 0.3) is 0 Å². The van der Waals surface area contributed by atoms with Crippen LogP contribution in [0.25, 0.3) is 10.8 Å². The van der Waals surface area contributed by atoms with Gasteiger partial charge in [0.1, 0.15) is 0 Å². The first-order valence-corrected chi connectivity index (χ1v) is 7.63. The molecule has 0 spiro atoms. The van der Waals surface area contributed by atoms with E-state index in [0.29, 0.717) is 6.04 Å². The van der Waals surface area contributed by atoms with Crippen LogP contribution in [-0.4, -0.2) is 6.04 Å². The van der Waals surface area contributed by atoms with Gasteiger partial charge in [-0.15, -0.1) is 0 Å². The summed E-state index contributed by atoms with van der Waals surface area (Å²) >= 11 is 1.81. The number of benzene rings is 2. The average Bonchev–Trinajstić information content (AvgIpc) is 2.39. The van der Waals surface area contributed by atoms with Crippen LogP contribution in [0.1, 0.15) is 32.3 Å². The van der Waals surface area contributed by atoms with Crippen molar-refractivity contribution in [3.05, 3.63) is 48.0 Å². The molecule has 0 aliphatic carbocycles. The lowest BCUT2D eigenvalue weighted by molar-refractivity contribution is 0.617. The van der Waals surface area contributed by atoms with E-state index in [4.69, 9.17) is 0 Å². The first-order valence-electron chi connectivity index (χ1n) is 6.64. The van der Waals surface area contributed by atoms with Crippen LogP contribution in [0.2, 0.25) is 0 Å². The lowest BCUT2D eigenvalue weighted by Crippen LogP contribution is -2.18. The average molecular weight is 259 g/mol. The van der Waals surface area contributed by atoms with Crippen molar-refractivity contribution in [2.45, 2.75) is 38.5 Å². The van der Waals surface area contributed by atoms with Crippen molar-refractivity contribution in [2.24, 2.45) is 0 Å². The van der Waals surface area contributed by atoms with E-state index in [9.17, 15) is 0 Å². The van der Waals surface area contributed by atoms with Gasteiger partial charge in [-0.2, -0.15) is 0 Å². The van der Waals surface area contributed by atoms with Gasteiger partial charge in [0.2, 0.25) is 0 Å². The third-order valence-corrected chi connectivity index (χ3v) is 4.11. The molecule has 0 saturated carbocycles. The Bertz CT molecular complexity index is 495. The number of hydrogen-bond acceptors (Lipinski definition) is 2. The highest BCUT2D eigenvalue weighted by Crippen LogP contribution is 2.18. The summed E-state index contributed by atoms with van der Waals surface area (Å²) in [7, 11) is 0. The van der Waals surface area contributed by atoms with Crippen molar-refractivity contribution >= 4 is 22.7 Å². The van der Waals surface area contributed by atoms with Crippen LogP contribution in [0.15, 0.2) is 42.5 Å². The van der Waals surface area contributed by atoms with Crippen LogP contribution >= 0.6 is 11.9 Å². The highest BCUT2D eigenvalue weighted by Gasteiger charge is 2.00. The van der Waals surface area contributed by atoms with Gasteiger partial charge in [0.05, 0.1) is 0 Å². The maximum Gasteiger partial charge on any atom is 0.0330 e. The van der Waals surface area contributed by atoms with Crippen LogP contribution in [0, 0.1) is 0 Å². The molecule has 0 fully saturated rings. The predicted octanol–water partition coefficient (Wildman–Crippen LogP) is 4.77. The first kappa shape index (κ1) is 13.4. The summed E-state index contributed by atoms with van der Waals surface area (Å²) in [6, 6.07) is 15.8. The smallest absolute Gasteiger partial charge is 0.0330 e. The monoisotopic (exact) mass is 259 g/mol. The molecule has 1 atom stereocenters. The van der Waals surface area contributed by atoms with Gasteiger partial charge in [-0.3, -0.25) is 4.72 Å². The molecule has 96 valence electrons. The maximum absolute atomic E-state index is 3.50. The van der Waals surface area contributed by atoms with E-state index in [1.165, 1.54) is 29.2 Å². The Morgan fingerprint density at radius 3 is 2.67 bits per heavy atom. The quantitative estimate of drug-likeness (QED) is 0.750. The van der Waals surface area contributed by atoms with Crippen LogP contribution in [0.4, 0.5) is 0 Å². The number of rotatable bonds is 6. The number of nitrogens with one attached hydrogen (secondary N) is 1. The topological polar surface area (TPSA) is 12.0 Å². The Labute approximate surface area is 114 Å². The molecule has 2 rings (SSSR count).